The van der Waals surface area contributed by atoms with E-state index in [0.29, 0.717) is 38.7 Å². The molecule has 0 saturated carbocycles. The Morgan fingerprint density at radius 1 is 1.19 bits per heavy atom. The number of nitrogens with zero attached hydrogens (tertiary/aromatic N) is 2. The fourth-order valence-electron chi connectivity index (χ4n) is 2.96. The van der Waals surface area contributed by atoms with E-state index in [0.717, 1.165) is 18.4 Å². The van der Waals surface area contributed by atoms with Gasteiger partial charge in [-0.25, -0.2) is 9.79 Å². The number of piperidine rings is 1. The Kier molecular flexibility index (Phi) is 11.8. The number of nitrogens with one attached hydrogen (secondary N) is 2. The van der Waals surface area contributed by atoms with Crippen LogP contribution in [0.4, 0.5) is 18.0 Å². The molecule has 0 bridgehead atoms. The maximum atomic E-state index is 12.2. The average molecular weight is 558 g/mol. The highest BCUT2D eigenvalue weighted by Gasteiger charge is 2.28. The molecule has 0 radical (unpaired) electrons. The van der Waals surface area contributed by atoms with Crippen LogP contribution in [0.25, 0.3) is 0 Å². The maximum Gasteiger partial charge on any atom is 0.422 e. The number of aliphatic imine (C=N–C) groups is 1. The highest BCUT2D eigenvalue weighted by Crippen LogP contribution is 2.19. The number of carbonyl (C=O) groups is 1. The zero-order chi connectivity index (χ0) is 22.0. The third kappa shape index (κ3) is 10.3. The van der Waals surface area contributed by atoms with Crippen LogP contribution in [0.15, 0.2) is 29.3 Å². The van der Waals surface area contributed by atoms with E-state index in [1.54, 1.807) is 24.0 Å². The van der Waals surface area contributed by atoms with Gasteiger partial charge in [-0.3, -0.25) is 0 Å². The summed E-state index contributed by atoms with van der Waals surface area (Å²) in [4.78, 5) is 18.0. The number of rotatable bonds is 7. The second-order valence-electron chi connectivity index (χ2n) is 6.85. The summed E-state index contributed by atoms with van der Waals surface area (Å²) < 4.78 is 46.4. The first-order chi connectivity index (χ1) is 14.3. The Morgan fingerprint density at radius 2 is 1.84 bits per heavy atom. The predicted octanol–water partition coefficient (Wildman–Crippen LogP) is 3.92. The number of guanidine groups is 1. The van der Waals surface area contributed by atoms with Crippen molar-refractivity contribution < 1.29 is 27.4 Å². The monoisotopic (exact) mass is 558 g/mol. The van der Waals surface area contributed by atoms with E-state index in [-0.39, 0.29) is 41.9 Å². The Balaban J connectivity index is 0.00000480. The lowest BCUT2D eigenvalue weighted by molar-refractivity contribution is -0.153. The molecule has 1 aromatic carbocycles. The van der Waals surface area contributed by atoms with Crippen molar-refractivity contribution in [3.8, 4) is 5.75 Å². The lowest BCUT2D eigenvalue weighted by Crippen LogP contribution is -2.49. The molecule has 2 N–H and O–H groups in total. The highest BCUT2D eigenvalue weighted by atomic mass is 127. The molecule has 0 unspecified atom stereocenters. The van der Waals surface area contributed by atoms with Crippen LogP contribution >= 0.6 is 24.0 Å². The van der Waals surface area contributed by atoms with Crippen molar-refractivity contribution in [1.29, 1.82) is 0 Å². The Morgan fingerprint density at radius 3 is 2.39 bits per heavy atom. The molecular formula is C20H30F3IN4O3. The number of halogens is 4. The van der Waals surface area contributed by atoms with Crippen LogP contribution in [0.5, 0.6) is 5.75 Å². The van der Waals surface area contributed by atoms with Gasteiger partial charge in [0.15, 0.2) is 12.6 Å². The predicted molar refractivity (Wildman–Crippen MR) is 123 cm³/mol. The number of likely N-dealkylation sites (tertiary alicyclic amines) is 1. The number of hydrogen-bond donors (Lipinski definition) is 2. The average Bonchev–Trinajstić information content (AvgIpc) is 2.71. The second kappa shape index (κ2) is 13.5. The van der Waals surface area contributed by atoms with Crippen LogP contribution < -0.4 is 15.4 Å². The number of amides is 1. The summed E-state index contributed by atoms with van der Waals surface area (Å²) in [5.41, 5.74) is 0.851. The Hall–Kier alpha value is -1.92. The van der Waals surface area contributed by atoms with Gasteiger partial charge in [-0.2, -0.15) is 13.2 Å². The van der Waals surface area contributed by atoms with Crippen molar-refractivity contribution in [3.05, 3.63) is 29.8 Å². The molecule has 11 heteroatoms. The molecule has 1 aliphatic heterocycles. The van der Waals surface area contributed by atoms with Crippen LogP contribution in [0, 0.1) is 0 Å². The molecule has 1 fully saturated rings. The molecule has 0 aliphatic carbocycles. The summed E-state index contributed by atoms with van der Waals surface area (Å²) in [7, 11) is 0. The van der Waals surface area contributed by atoms with Crippen molar-refractivity contribution >= 4 is 36.0 Å². The van der Waals surface area contributed by atoms with E-state index in [2.05, 4.69) is 15.6 Å². The fraction of sp³-hybridized carbons (Fsp3) is 0.600. The van der Waals surface area contributed by atoms with Gasteiger partial charge >= 0.3 is 12.3 Å². The van der Waals surface area contributed by atoms with Crippen LogP contribution in [0.3, 0.4) is 0 Å². The van der Waals surface area contributed by atoms with Gasteiger partial charge < -0.3 is 25.0 Å². The summed E-state index contributed by atoms with van der Waals surface area (Å²) in [6, 6.07) is 6.57. The first kappa shape index (κ1) is 27.1. The van der Waals surface area contributed by atoms with E-state index < -0.39 is 12.8 Å². The van der Waals surface area contributed by atoms with Crippen LogP contribution in [0.2, 0.25) is 0 Å². The van der Waals surface area contributed by atoms with E-state index in [9.17, 15) is 18.0 Å². The third-order valence-electron chi connectivity index (χ3n) is 4.45. The standard InChI is InChI=1S/C20H29F3N4O3.HI/c1-3-24-18(26-16-9-11-27(12-10-16)19(28)29-4-2)25-13-15-5-7-17(8-6-15)30-14-20(21,22)23;/h5-8,16H,3-4,9-14H2,1-2H3,(H2,24,25,26);1H. The lowest BCUT2D eigenvalue weighted by Gasteiger charge is -2.32. The summed E-state index contributed by atoms with van der Waals surface area (Å²) >= 11 is 0. The molecule has 2 rings (SSSR count). The van der Waals surface area contributed by atoms with Crippen molar-refractivity contribution in [2.24, 2.45) is 4.99 Å². The quantitative estimate of drug-likeness (QED) is 0.302. The van der Waals surface area contributed by atoms with E-state index in [1.165, 1.54) is 12.1 Å². The number of ether oxygens (including phenoxy) is 2. The molecule has 176 valence electrons. The zero-order valence-electron chi connectivity index (χ0n) is 17.7. The molecule has 1 aromatic rings. The number of alkyl halides is 3. The van der Waals surface area contributed by atoms with E-state index in [1.807, 2.05) is 6.92 Å². The summed E-state index contributed by atoms with van der Waals surface area (Å²) in [6.07, 6.45) is -3.07. The summed E-state index contributed by atoms with van der Waals surface area (Å²) in [6.45, 7) is 5.11. The number of hydrogen-bond acceptors (Lipinski definition) is 4. The molecule has 0 aromatic heterocycles. The smallest absolute Gasteiger partial charge is 0.422 e. The lowest BCUT2D eigenvalue weighted by atomic mass is 10.1. The van der Waals surface area contributed by atoms with Crippen molar-refractivity contribution in [1.82, 2.24) is 15.5 Å². The Labute approximate surface area is 197 Å². The number of benzene rings is 1. The van der Waals surface area contributed by atoms with Crippen LogP contribution in [-0.4, -0.2) is 62.0 Å². The normalized spacial score (nSPS) is 15.1. The molecule has 31 heavy (non-hydrogen) atoms. The minimum Gasteiger partial charge on any atom is -0.484 e. The van der Waals surface area contributed by atoms with Gasteiger partial charge in [0.25, 0.3) is 0 Å². The minimum absolute atomic E-state index is 0. The minimum atomic E-state index is -4.36. The molecule has 1 heterocycles. The molecule has 1 saturated heterocycles. The molecular weight excluding hydrogens is 528 g/mol. The van der Waals surface area contributed by atoms with Crippen molar-refractivity contribution in [2.45, 2.75) is 45.5 Å². The van der Waals surface area contributed by atoms with Gasteiger partial charge in [-0.05, 0) is 44.4 Å². The van der Waals surface area contributed by atoms with Gasteiger partial charge in [0.1, 0.15) is 5.75 Å². The first-order valence-corrected chi connectivity index (χ1v) is 10.1. The molecule has 1 aliphatic rings. The molecule has 7 nitrogen and oxygen atoms in total. The third-order valence-corrected chi connectivity index (χ3v) is 4.45. The van der Waals surface area contributed by atoms with Crippen molar-refractivity contribution in [3.63, 3.8) is 0 Å². The fourth-order valence-corrected chi connectivity index (χ4v) is 2.96. The summed E-state index contributed by atoms with van der Waals surface area (Å²) in [5, 5.41) is 6.56. The number of carbonyl (C=O) groups excluding carboxylic acids is 1. The van der Waals surface area contributed by atoms with Gasteiger partial charge in [-0.1, -0.05) is 12.1 Å². The van der Waals surface area contributed by atoms with Gasteiger partial charge in [-0.15, -0.1) is 24.0 Å². The van der Waals surface area contributed by atoms with Gasteiger partial charge in [0.2, 0.25) is 0 Å². The second-order valence-corrected chi connectivity index (χ2v) is 6.85. The maximum absolute atomic E-state index is 12.2. The van der Waals surface area contributed by atoms with Crippen LogP contribution in [0.1, 0.15) is 32.3 Å². The molecule has 0 atom stereocenters. The van der Waals surface area contributed by atoms with Crippen molar-refractivity contribution in [2.75, 3.05) is 32.8 Å². The Bertz CT molecular complexity index is 694. The topological polar surface area (TPSA) is 75.2 Å². The summed E-state index contributed by atoms with van der Waals surface area (Å²) in [5.74, 6) is 0.822. The molecule has 1 amide bonds. The van der Waals surface area contributed by atoms with Crippen LogP contribution in [-0.2, 0) is 11.3 Å². The molecule has 0 spiro atoms. The largest absolute Gasteiger partial charge is 0.484 e. The zero-order valence-corrected chi connectivity index (χ0v) is 20.0. The van der Waals surface area contributed by atoms with E-state index >= 15 is 0 Å². The first-order valence-electron chi connectivity index (χ1n) is 10.1. The highest BCUT2D eigenvalue weighted by molar-refractivity contribution is 14.0. The SMILES string of the molecule is CCNC(=NCc1ccc(OCC(F)(F)F)cc1)NC1CCN(C(=O)OCC)CC1.I. The van der Waals surface area contributed by atoms with Gasteiger partial charge in [0, 0.05) is 25.7 Å². The van der Waals surface area contributed by atoms with E-state index in [4.69, 9.17) is 9.47 Å². The van der Waals surface area contributed by atoms with Gasteiger partial charge in [0.05, 0.1) is 13.2 Å².